The first-order valence-electron chi connectivity index (χ1n) is 8.10. The Bertz CT molecular complexity index is 899. The maximum atomic E-state index is 13.7. The van der Waals surface area contributed by atoms with Crippen LogP contribution in [0.3, 0.4) is 0 Å². The van der Waals surface area contributed by atoms with Gasteiger partial charge in [-0.25, -0.2) is 13.2 Å². The van der Waals surface area contributed by atoms with Crippen LogP contribution in [0.25, 0.3) is 0 Å². The molecule has 1 saturated heterocycles. The van der Waals surface area contributed by atoms with Crippen molar-refractivity contribution in [1.29, 1.82) is 0 Å². The Morgan fingerprint density at radius 1 is 1.08 bits per heavy atom. The molecule has 26 heavy (non-hydrogen) atoms. The molecule has 1 atom stereocenters. The lowest BCUT2D eigenvalue weighted by Crippen LogP contribution is -2.28. The second-order valence-corrected chi connectivity index (χ2v) is 6.39. The van der Waals surface area contributed by atoms with Gasteiger partial charge in [-0.15, -0.1) is 0 Å². The molecule has 1 fully saturated rings. The predicted molar refractivity (Wildman–Crippen MR) is 91.3 cm³/mol. The number of nitrogens with zero attached hydrogens (tertiary/aromatic N) is 1. The van der Waals surface area contributed by atoms with Crippen molar-refractivity contribution in [2.75, 3.05) is 16.8 Å². The summed E-state index contributed by atoms with van der Waals surface area (Å²) in [6, 6.07) is 7.23. The number of aryl methyl sites for hydroxylation is 2. The van der Waals surface area contributed by atoms with E-state index in [1.807, 2.05) is 26.0 Å². The molecule has 3 rings (SSSR count). The summed E-state index contributed by atoms with van der Waals surface area (Å²) in [4.78, 5) is 26.1. The largest absolute Gasteiger partial charge is 0.323 e. The minimum Gasteiger partial charge on any atom is -0.323 e. The Morgan fingerprint density at radius 3 is 2.50 bits per heavy atom. The van der Waals surface area contributed by atoms with E-state index in [4.69, 9.17) is 0 Å². The summed E-state index contributed by atoms with van der Waals surface area (Å²) in [6.45, 7) is 4.02. The van der Waals surface area contributed by atoms with Crippen molar-refractivity contribution < 1.29 is 22.8 Å². The number of nitrogens with one attached hydrogen (secondary N) is 1. The zero-order valence-corrected chi connectivity index (χ0v) is 14.3. The van der Waals surface area contributed by atoms with E-state index in [2.05, 4.69) is 5.32 Å². The molecular weight excluding hydrogens is 345 g/mol. The topological polar surface area (TPSA) is 49.4 Å². The van der Waals surface area contributed by atoms with E-state index in [-0.39, 0.29) is 18.9 Å². The fourth-order valence-corrected chi connectivity index (χ4v) is 2.88. The zero-order valence-electron chi connectivity index (χ0n) is 14.3. The van der Waals surface area contributed by atoms with Crippen LogP contribution in [0.2, 0.25) is 0 Å². The molecule has 1 aliphatic rings. The van der Waals surface area contributed by atoms with E-state index in [1.165, 1.54) is 4.90 Å². The molecule has 0 aliphatic carbocycles. The highest BCUT2D eigenvalue weighted by molar-refractivity contribution is 6.03. The molecule has 0 saturated carbocycles. The van der Waals surface area contributed by atoms with Crippen molar-refractivity contribution in [1.82, 2.24) is 0 Å². The second-order valence-electron chi connectivity index (χ2n) is 6.39. The number of benzene rings is 2. The van der Waals surface area contributed by atoms with Crippen LogP contribution in [0, 0.1) is 37.2 Å². The van der Waals surface area contributed by atoms with Gasteiger partial charge in [-0.2, -0.15) is 0 Å². The molecule has 7 heteroatoms. The average Bonchev–Trinajstić information content (AvgIpc) is 3.00. The molecule has 0 spiro atoms. The molecule has 136 valence electrons. The first-order valence-corrected chi connectivity index (χ1v) is 8.10. The van der Waals surface area contributed by atoms with Gasteiger partial charge in [-0.1, -0.05) is 6.07 Å². The van der Waals surface area contributed by atoms with Crippen LogP contribution in [-0.2, 0) is 9.59 Å². The molecule has 2 aromatic rings. The average molecular weight is 362 g/mol. The number of hydrogen-bond acceptors (Lipinski definition) is 2. The number of carbonyl (C=O) groups excluding carboxylic acids is 2. The van der Waals surface area contributed by atoms with E-state index in [9.17, 15) is 22.8 Å². The van der Waals surface area contributed by atoms with Gasteiger partial charge in [-0.3, -0.25) is 9.59 Å². The minimum absolute atomic E-state index is 0.0376. The lowest BCUT2D eigenvalue weighted by molar-refractivity contribution is -0.122. The van der Waals surface area contributed by atoms with Crippen molar-refractivity contribution in [3.63, 3.8) is 0 Å². The van der Waals surface area contributed by atoms with E-state index >= 15 is 0 Å². The maximum absolute atomic E-state index is 13.7. The van der Waals surface area contributed by atoms with Crippen molar-refractivity contribution >= 4 is 23.2 Å². The molecule has 2 amide bonds. The Kier molecular flexibility index (Phi) is 4.71. The molecule has 1 heterocycles. The lowest BCUT2D eigenvalue weighted by Gasteiger charge is -2.18. The summed E-state index contributed by atoms with van der Waals surface area (Å²) >= 11 is 0. The summed E-state index contributed by atoms with van der Waals surface area (Å²) in [5, 5.41) is 2.23. The SMILES string of the molecule is Cc1ccc(N2CC(C(=O)Nc3ccc(F)c(F)c3F)CC2=O)cc1C. The summed E-state index contributed by atoms with van der Waals surface area (Å²) in [7, 11) is 0. The van der Waals surface area contributed by atoms with Crippen LogP contribution in [-0.4, -0.2) is 18.4 Å². The van der Waals surface area contributed by atoms with Crippen molar-refractivity contribution in [3.05, 3.63) is 58.9 Å². The summed E-state index contributed by atoms with van der Waals surface area (Å²) in [5.41, 5.74) is 2.34. The molecule has 0 aromatic heterocycles. The quantitative estimate of drug-likeness (QED) is 0.847. The van der Waals surface area contributed by atoms with E-state index in [1.54, 1.807) is 6.07 Å². The Hall–Kier alpha value is -2.83. The third-order valence-electron chi connectivity index (χ3n) is 4.59. The normalized spacial score (nSPS) is 16.9. The van der Waals surface area contributed by atoms with Crippen LogP contribution in [0.15, 0.2) is 30.3 Å². The van der Waals surface area contributed by atoms with Gasteiger partial charge in [0.05, 0.1) is 11.6 Å². The summed E-state index contributed by atoms with van der Waals surface area (Å²) in [5.74, 6) is -6.00. The van der Waals surface area contributed by atoms with Crippen LogP contribution < -0.4 is 10.2 Å². The molecule has 0 radical (unpaired) electrons. The Morgan fingerprint density at radius 2 is 1.81 bits per heavy atom. The van der Waals surface area contributed by atoms with Crippen molar-refractivity contribution in [2.45, 2.75) is 20.3 Å². The Labute approximate surface area is 148 Å². The van der Waals surface area contributed by atoms with Crippen LogP contribution in [0.5, 0.6) is 0 Å². The third-order valence-corrected chi connectivity index (χ3v) is 4.59. The van der Waals surface area contributed by atoms with Gasteiger partial charge in [-0.05, 0) is 49.2 Å². The molecule has 1 aliphatic heterocycles. The van der Waals surface area contributed by atoms with Gasteiger partial charge in [0, 0.05) is 18.7 Å². The maximum Gasteiger partial charge on any atom is 0.229 e. The van der Waals surface area contributed by atoms with E-state index < -0.39 is 35.0 Å². The molecule has 1 unspecified atom stereocenters. The number of hydrogen-bond donors (Lipinski definition) is 1. The fourth-order valence-electron chi connectivity index (χ4n) is 2.88. The van der Waals surface area contributed by atoms with Crippen molar-refractivity contribution in [3.8, 4) is 0 Å². The second kappa shape index (κ2) is 6.82. The van der Waals surface area contributed by atoms with Crippen molar-refractivity contribution in [2.24, 2.45) is 5.92 Å². The smallest absolute Gasteiger partial charge is 0.229 e. The number of amides is 2. The highest BCUT2D eigenvalue weighted by atomic mass is 19.2. The predicted octanol–water partition coefficient (Wildman–Crippen LogP) is 3.71. The Balaban J connectivity index is 1.75. The first kappa shape index (κ1) is 18.0. The number of halogens is 3. The lowest BCUT2D eigenvalue weighted by atomic mass is 10.1. The molecule has 0 bridgehead atoms. The van der Waals surface area contributed by atoms with Gasteiger partial charge in [0.25, 0.3) is 0 Å². The summed E-state index contributed by atoms with van der Waals surface area (Å²) < 4.78 is 39.9. The number of anilines is 2. The van der Waals surface area contributed by atoms with Gasteiger partial charge < -0.3 is 10.2 Å². The number of carbonyl (C=O) groups is 2. The highest BCUT2D eigenvalue weighted by Gasteiger charge is 2.35. The third kappa shape index (κ3) is 3.29. The molecule has 2 aromatic carbocycles. The van der Waals surface area contributed by atoms with Gasteiger partial charge in [0.15, 0.2) is 17.5 Å². The van der Waals surface area contributed by atoms with E-state index in [0.29, 0.717) is 5.69 Å². The first-order chi connectivity index (χ1) is 12.3. The van der Waals surface area contributed by atoms with E-state index in [0.717, 1.165) is 23.3 Å². The molecule has 1 N–H and O–H groups in total. The van der Waals surface area contributed by atoms with Gasteiger partial charge in [0.1, 0.15) is 0 Å². The monoisotopic (exact) mass is 362 g/mol. The van der Waals surface area contributed by atoms with Gasteiger partial charge in [0.2, 0.25) is 11.8 Å². The van der Waals surface area contributed by atoms with Crippen LogP contribution in [0.4, 0.5) is 24.5 Å². The van der Waals surface area contributed by atoms with Crippen LogP contribution >= 0.6 is 0 Å². The standard InChI is InChI=1S/C19H17F3N2O2/c1-10-3-4-13(7-11(10)2)24-9-12(8-16(24)25)19(26)23-15-6-5-14(20)17(21)18(15)22/h3-7,12H,8-9H2,1-2H3,(H,23,26). The zero-order chi connectivity index (χ0) is 19.0. The summed E-state index contributed by atoms with van der Waals surface area (Å²) in [6.07, 6.45) is -0.0376. The van der Waals surface area contributed by atoms with Gasteiger partial charge >= 0.3 is 0 Å². The fraction of sp³-hybridized carbons (Fsp3) is 0.263. The molecule has 4 nitrogen and oxygen atoms in total. The number of rotatable bonds is 3. The highest BCUT2D eigenvalue weighted by Crippen LogP contribution is 2.28. The molecular formula is C19H17F3N2O2. The minimum atomic E-state index is -1.65. The van der Waals surface area contributed by atoms with Crippen LogP contribution in [0.1, 0.15) is 17.5 Å².